The highest BCUT2D eigenvalue weighted by molar-refractivity contribution is 7.99. The van der Waals surface area contributed by atoms with Crippen molar-refractivity contribution in [2.45, 2.75) is 43.8 Å². The molecule has 1 aliphatic rings. The number of thioether (sulfide) groups is 1. The molecule has 0 unspecified atom stereocenters. The number of benzene rings is 1. The van der Waals surface area contributed by atoms with Gasteiger partial charge in [-0.05, 0) is 31.4 Å². The Kier molecular flexibility index (Phi) is 4.77. The van der Waals surface area contributed by atoms with Gasteiger partial charge in [-0.25, -0.2) is 0 Å². The van der Waals surface area contributed by atoms with Gasteiger partial charge in [-0.1, -0.05) is 36.9 Å². The molecule has 0 aliphatic heterocycles. The highest BCUT2D eigenvalue weighted by Crippen LogP contribution is 2.40. The molecule has 0 saturated heterocycles. The van der Waals surface area contributed by atoms with Crippen molar-refractivity contribution < 1.29 is 4.79 Å². The lowest BCUT2D eigenvalue weighted by molar-refractivity contribution is -0.113. The van der Waals surface area contributed by atoms with E-state index in [2.05, 4.69) is 27.0 Å². The van der Waals surface area contributed by atoms with Crippen molar-refractivity contribution in [1.82, 2.24) is 14.8 Å². The quantitative estimate of drug-likeness (QED) is 0.796. The van der Waals surface area contributed by atoms with Crippen LogP contribution < -0.4 is 5.32 Å². The van der Waals surface area contributed by atoms with Crippen LogP contribution in [0.1, 0.15) is 37.9 Å². The molecule has 1 aromatic heterocycles. The maximum atomic E-state index is 12.0. The second kappa shape index (κ2) is 6.96. The number of carbonyl (C=O) groups excluding carboxylic acids is 1. The Bertz CT molecular complexity index is 637. The Morgan fingerprint density at radius 1 is 1.32 bits per heavy atom. The lowest BCUT2D eigenvalue weighted by Gasteiger charge is -2.08. The monoisotopic (exact) mass is 316 g/mol. The van der Waals surface area contributed by atoms with Crippen molar-refractivity contribution in [2.24, 2.45) is 0 Å². The van der Waals surface area contributed by atoms with E-state index < -0.39 is 0 Å². The molecule has 22 heavy (non-hydrogen) atoms. The van der Waals surface area contributed by atoms with E-state index >= 15 is 0 Å². The Balaban J connectivity index is 1.60. The van der Waals surface area contributed by atoms with Gasteiger partial charge >= 0.3 is 0 Å². The van der Waals surface area contributed by atoms with Crippen LogP contribution in [0.4, 0.5) is 5.69 Å². The number of para-hydroxylation sites is 1. The van der Waals surface area contributed by atoms with Crippen LogP contribution in [0.15, 0.2) is 35.5 Å². The van der Waals surface area contributed by atoms with Crippen LogP contribution in [-0.2, 0) is 11.3 Å². The fraction of sp³-hybridized carbons (Fsp3) is 0.438. The van der Waals surface area contributed by atoms with E-state index in [1.807, 2.05) is 30.3 Å². The molecule has 1 saturated carbocycles. The van der Waals surface area contributed by atoms with Crippen molar-refractivity contribution in [3.63, 3.8) is 0 Å². The lowest BCUT2D eigenvalue weighted by Crippen LogP contribution is -2.14. The Hall–Kier alpha value is -1.82. The molecule has 1 fully saturated rings. The van der Waals surface area contributed by atoms with Crippen molar-refractivity contribution >= 4 is 23.4 Å². The van der Waals surface area contributed by atoms with Gasteiger partial charge in [0.05, 0.1) is 5.75 Å². The third-order valence-electron chi connectivity index (χ3n) is 3.53. The number of aromatic nitrogens is 3. The minimum absolute atomic E-state index is 0.0183. The zero-order valence-electron chi connectivity index (χ0n) is 12.7. The summed E-state index contributed by atoms with van der Waals surface area (Å²) in [6.45, 7) is 3.06. The maximum absolute atomic E-state index is 12.0. The van der Waals surface area contributed by atoms with Gasteiger partial charge in [0.15, 0.2) is 5.16 Å². The largest absolute Gasteiger partial charge is 0.325 e. The number of hydrogen-bond acceptors (Lipinski definition) is 4. The number of rotatable bonds is 7. The Morgan fingerprint density at radius 2 is 2.09 bits per heavy atom. The average Bonchev–Trinajstić information content (AvgIpc) is 3.29. The average molecular weight is 316 g/mol. The van der Waals surface area contributed by atoms with Crippen LogP contribution in [0.25, 0.3) is 0 Å². The number of anilines is 1. The second-order valence-corrected chi connectivity index (χ2v) is 6.41. The van der Waals surface area contributed by atoms with E-state index in [-0.39, 0.29) is 5.91 Å². The Labute approximate surface area is 134 Å². The molecule has 1 aliphatic carbocycles. The summed E-state index contributed by atoms with van der Waals surface area (Å²) >= 11 is 1.46. The van der Waals surface area contributed by atoms with E-state index in [1.54, 1.807) is 0 Å². The topological polar surface area (TPSA) is 59.8 Å². The van der Waals surface area contributed by atoms with Crippen molar-refractivity contribution in [3.05, 3.63) is 36.2 Å². The standard InChI is InChI=1S/C16H20N4OS/c1-2-10-20-15(12-8-9-12)18-19-16(20)22-11-14(21)17-13-6-4-3-5-7-13/h3-7,12H,2,8-11H2,1H3,(H,17,21). The van der Waals surface area contributed by atoms with Gasteiger partial charge in [-0.15, -0.1) is 10.2 Å². The Morgan fingerprint density at radius 3 is 2.77 bits per heavy atom. The maximum Gasteiger partial charge on any atom is 0.234 e. The first kappa shape index (κ1) is 15.1. The fourth-order valence-electron chi connectivity index (χ4n) is 2.33. The number of hydrogen-bond donors (Lipinski definition) is 1. The van der Waals surface area contributed by atoms with Crippen molar-refractivity contribution in [1.29, 1.82) is 0 Å². The van der Waals surface area contributed by atoms with E-state index in [0.717, 1.165) is 29.6 Å². The van der Waals surface area contributed by atoms with E-state index in [9.17, 15) is 4.79 Å². The molecule has 1 heterocycles. The SMILES string of the molecule is CCCn1c(SCC(=O)Nc2ccccc2)nnc1C1CC1. The summed E-state index contributed by atoms with van der Waals surface area (Å²) in [5.74, 6) is 2.00. The van der Waals surface area contributed by atoms with Gasteiger partial charge in [0.25, 0.3) is 0 Å². The molecule has 1 amide bonds. The summed E-state index contributed by atoms with van der Waals surface area (Å²) < 4.78 is 2.18. The lowest BCUT2D eigenvalue weighted by atomic mass is 10.3. The predicted molar refractivity (Wildman–Crippen MR) is 88.1 cm³/mol. The van der Waals surface area contributed by atoms with Gasteiger partial charge in [0.1, 0.15) is 5.82 Å². The summed E-state index contributed by atoms with van der Waals surface area (Å²) in [4.78, 5) is 12.0. The molecule has 2 aromatic rings. The summed E-state index contributed by atoms with van der Waals surface area (Å²) in [6.07, 6.45) is 3.46. The molecular formula is C16H20N4OS. The number of carbonyl (C=O) groups is 1. The molecule has 0 atom stereocenters. The molecule has 0 spiro atoms. The van der Waals surface area contributed by atoms with Gasteiger partial charge in [-0.2, -0.15) is 0 Å². The minimum Gasteiger partial charge on any atom is -0.325 e. The third-order valence-corrected chi connectivity index (χ3v) is 4.49. The van der Waals surface area contributed by atoms with Crippen LogP contribution in [0, 0.1) is 0 Å². The molecule has 116 valence electrons. The van der Waals surface area contributed by atoms with E-state index in [0.29, 0.717) is 11.7 Å². The number of amides is 1. The molecule has 1 aromatic carbocycles. The first-order valence-corrected chi connectivity index (χ1v) is 8.67. The van der Waals surface area contributed by atoms with Crippen molar-refractivity contribution in [2.75, 3.05) is 11.1 Å². The van der Waals surface area contributed by atoms with E-state index in [1.165, 1.54) is 24.6 Å². The second-order valence-electron chi connectivity index (χ2n) is 5.47. The zero-order valence-corrected chi connectivity index (χ0v) is 13.5. The zero-order chi connectivity index (χ0) is 15.4. The van der Waals surface area contributed by atoms with Gasteiger partial charge < -0.3 is 9.88 Å². The highest BCUT2D eigenvalue weighted by Gasteiger charge is 2.30. The summed E-state index contributed by atoms with van der Waals surface area (Å²) in [7, 11) is 0. The van der Waals surface area contributed by atoms with E-state index in [4.69, 9.17) is 0 Å². The summed E-state index contributed by atoms with van der Waals surface area (Å²) in [5, 5.41) is 12.3. The summed E-state index contributed by atoms with van der Waals surface area (Å²) in [6, 6.07) is 9.50. The first-order chi connectivity index (χ1) is 10.8. The first-order valence-electron chi connectivity index (χ1n) is 7.68. The fourth-order valence-corrected chi connectivity index (χ4v) is 3.10. The minimum atomic E-state index is -0.0183. The van der Waals surface area contributed by atoms with Crippen molar-refractivity contribution in [3.8, 4) is 0 Å². The van der Waals surface area contributed by atoms with Gasteiger partial charge in [0, 0.05) is 18.2 Å². The van der Waals surface area contributed by atoms with Crippen LogP contribution >= 0.6 is 11.8 Å². The van der Waals surface area contributed by atoms with Gasteiger partial charge in [-0.3, -0.25) is 4.79 Å². The molecule has 1 N–H and O–H groups in total. The molecule has 3 rings (SSSR count). The molecule has 0 bridgehead atoms. The number of nitrogens with one attached hydrogen (secondary N) is 1. The predicted octanol–water partition coefficient (Wildman–Crippen LogP) is 3.30. The van der Waals surface area contributed by atoms with Crippen LogP contribution in [-0.4, -0.2) is 26.4 Å². The smallest absolute Gasteiger partial charge is 0.234 e. The van der Waals surface area contributed by atoms with Gasteiger partial charge in [0.2, 0.25) is 5.91 Å². The summed E-state index contributed by atoms with van der Waals surface area (Å²) in [5.41, 5.74) is 0.821. The highest BCUT2D eigenvalue weighted by atomic mass is 32.2. The molecule has 6 heteroatoms. The van der Waals surface area contributed by atoms with Crippen LogP contribution in [0.5, 0.6) is 0 Å². The number of nitrogens with zero attached hydrogens (tertiary/aromatic N) is 3. The third kappa shape index (κ3) is 3.68. The normalized spacial score (nSPS) is 14.0. The van der Waals surface area contributed by atoms with Crippen LogP contribution in [0.2, 0.25) is 0 Å². The molecule has 5 nitrogen and oxygen atoms in total. The molecule has 0 radical (unpaired) electrons. The van der Waals surface area contributed by atoms with Crippen LogP contribution in [0.3, 0.4) is 0 Å². The molecular weight excluding hydrogens is 296 g/mol.